The molecule has 0 unspecified atom stereocenters. The smallest absolute Gasteiger partial charge is 0.234 e. The molecule has 2 rings (SSSR count). The van der Waals surface area contributed by atoms with Crippen molar-refractivity contribution in [2.24, 2.45) is 0 Å². The third kappa shape index (κ3) is 2.54. The minimum atomic E-state index is 0.0142. The van der Waals surface area contributed by atoms with Gasteiger partial charge in [0.25, 0.3) is 0 Å². The molecule has 22 heavy (non-hydrogen) atoms. The number of anilines is 1. The zero-order valence-corrected chi connectivity index (χ0v) is 13.4. The van der Waals surface area contributed by atoms with Crippen LogP contribution in [0.5, 0.6) is 11.6 Å². The molecule has 0 aliphatic carbocycles. The molecule has 7 heteroatoms. The maximum absolute atomic E-state index is 9.42. The van der Waals surface area contributed by atoms with E-state index in [0.29, 0.717) is 21.3 Å². The fourth-order valence-corrected chi connectivity index (χ4v) is 2.60. The molecule has 0 saturated heterocycles. The third-order valence-corrected chi connectivity index (χ3v) is 3.67. The van der Waals surface area contributed by atoms with Crippen LogP contribution in [0, 0.1) is 22.7 Å². The standard InChI is InChI=1S/C15H11BrN4O2/c1-21-12-4-3-8(5-11(12)16)13-9(6-17)14(19)20-15(22-2)10(13)7-18/h3-5H,1-2H3,(H2,19,20). The molecule has 0 amide bonds. The highest BCUT2D eigenvalue weighted by molar-refractivity contribution is 9.10. The van der Waals surface area contributed by atoms with Crippen molar-refractivity contribution < 1.29 is 9.47 Å². The van der Waals surface area contributed by atoms with Gasteiger partial charge in [-0.15, -0.1) is 0 Å². The Hall–Kier alpha value is -2.77. The molecule has 0 aliphatic rings. The van der Waals surface area contributed by atoms with E-state index < -0.39 is 0 Å². The summed E-state index contributed by atoms with van der Waals surface area (Å²) in [4.78, 5) is 3.95. The molecule has 0 bridgehead atoms. The number of benzene rings is 1. The van der Waals surface area contributed by atoms with E-state index in [-0.39, 0.29) is 22.8 Å². The van der Waals surface area contributed by atoms with Gasteiger partial charge in [-0.1, -0.05) is 6.07 Å². The predicted octanol–water partition coefficient (Wildman–Crippen LogP) is 2.85. The average molecular weight is 359 g/mol. The number of aromatic nitrogens is 1. The predicted molar refractivity (Wildman–Crippen MR) is 84.3 cm³/mol. The third-order valence-electron chi connectivity index (χ3n) is 3.05. The van der Waals surface area contributed by atoms with Gasteiger partial charge in [0.1, 0.15) is 34.8 Å². The number of nitriles is 2. The minimum absolute atomic E-state index is 0.0142. The zero-order valence-electron chi connectivity index (χ0n) is 11.8. The highest BCUT2D eigenvalue weighted by Crippen LogP contribution is 2.37. The van der Waals surface area contributed by atoms with Crippen LogP contribution in [0.4, 0.5) is 5.82 Å². The molecule has 2 N–H and O–H groups in total. The first-order chi connectivity index (χ1) is 10.6. The molecule has 6 nitrogen and oxygen atoms in total. The second-order valence-corrected chi connectivity index (χ2v) is 5.06. The van der Waals surface area contributed by atoms with Crippen LogP contribution in [-0.4, -0.2) is 19.2 Å². The summed E-state index contributed by atoms with van der Waals surface area (Å²) in [5, 5.41) is 18.8. The van der Waals surface area contributed by atoms with E-state index in [9.17, 15) is 10.5 Å². The molecule has 0 saturated carbocycles. The van der Waals surface area contributed by atoms with Gasteiger partial charge < -0.3 is 15.2 Å². The van der Waals surface area contributed by atoms with Gasteiger partial charge >= 0.3 is 0 Å². The maximum Gasteiger partial charge on any atom is 0.234 e. The molecular weight excluding hydrogens is 348 g/mol. The van der Waals surface area contributed by atoms with E-state index in [4.69, 9.17) is 15.2 Å². The van der Waals surface area contributed by atoms with Gasteiger partial charge in [-0.25, -0.2) is 0 Å². The van der Waals surface area contributed by atoms with Crippen molar-refractivity contribution >= 4 is 21.7 Å². The van der Waals surface area contributed by atoms with Crippen molar-refractivity contribution in [3.05, 3.63) is 33.8 Å². The topological polar surface area (TPSA) is 105 Å². The second-order valence-electron chi connectivity index (χ2n) is 4.20. The first-order valence-corrected chi connectivity index (χ1v) is 6.88. The van der Waals surface area contributed by atoms with E-state index in [2.05, 4.69) is 20.9 Å². The second kappa shape index (κ2) is 6.33. The molecule has 0 fully saturated rings. The Morgan fingerprint density at radius 2 is 1.82 bits per heavy atom. The lowest BCUT2D eigenvalue weighted by atomic mass is 9.96. The van der Waals surface area contributed by atoms with E-state index in [0.717, 1.165) is 0 Å². The summed E-state index contributed by atoms with van der Waals surface area (Å²) in [6.07, 6.45) is 0. The Bertz CT molecular complexity index is 822. The number of nitrogen functional groups attached to an aromatic ring is 1. The first-order valence-electron chi connectivity index (χ1n) is 6.08. The Kier molecular flexibility index (Phi) is 4.50. The summed E-state index contributed by atoms with van der Waals surface area (Å²) in [7, 11) is 2.94. The quantitative estimate of drug-likeness (QED) is 0.904. The summed E-state index contributed by atoms with van der Waals surface area (Å²) in [5.74, 6) is 0.732. The Balaban J connectivity index is 2.84. The molecule has 1 heterocycles. The summed E-state index contributed by atoms with van der Waals surface area (Å²) < 4.78 is 11.0. The maximum atomic E-state index is 9.42. The molecule has 2 aromatic rings. The molecular formula is C15H11BrN4O2. The highest BCUT2D eigenvalue weighted by atomic mass is 79.9. The van der Waals surface area contributed by atoms with Crippen LogP contribution < -0.4 is 15.2 Å². The van der Waals surface area contributed by atoms with Crippen molar-refractivity contribution in [3.8, 4) is 34.9 Å². The number of pyridine rings is 1. The normalized spacial score (nSPS) is 9.68. The zero-order chi connectivity index (χ0) is 16.3. The minimum Gasteiger partial charge on any atom is -0.496 e. The molecule has 0 spiro atoms. The van der Waals surface area contributed by atoms with Gasteiger partial charge in [0.05, 0.1) is 18.7 Å². The molecule has 1 aromatic carbocycles. The van der Waals surface area contributed by atoms with Crippen LogP contribution >= 0.6 is 15.9 Å². The number of nitrogens with zero attached hydrogens (tertiary/aromatic N) is 3. The van der Waals surface area contributed by atoms with Crippen molar-refractivity contribution in [1.29, 1.82) is 10.5 Å². The molecule has 1 aromatic heterocycles. The molecule has 0 radical (unpaired) electrons. The highest BCUT2D eigenvalue weighted by Gasteiger charge is 2.21. The summed E-state index contributed by atoms with van der Waals surface area (Å²) >= 11 is 3.38. The van der Waals surface area contributed by atoms with Crippen LogP contribution in [0.3, 0.4) is 0 Å². The Morgan fingerprint density at radius 1 is 1.14 bits per heavy atom. The van der Waals surface area contributed by atoms with E-state index in [1.165, 1.54) is 7.11 Å². The fourth-order valence-electron chi connectivity index (χ4n) is 2.06. The SMILES string of the molecule is COc1ccc(-c2c(C#N)c(N)nc(OC)c2C#N)cc1Br. The van der Waals surface area contributed by atoms with Gasteiger partial charge in [0.15, 0.2) is 0 Å². The first kappa shape index (κ1) is 15.6. The summed E-state index contributed by atoms with van der Waals surface area (Å²) in [5.41, 5.74) is 7.11. The van der Waals surface area contributed by atoms with Gasteiger partial charge in [0.2, 0.25) is 5.88 Å². The van der Waals surface area contributed by atoms with Crippen LogP contribution in [0.25, 0.3) is 11.1 Å². The van der Waals surface area contributed by atoms with Gasteiger partial charge in [0, 0.05) is 5.56 Å². The number of rotatable bonds is 3. The number of methoxy groups -OCH3 is 2. The number of nitrogens with two attached hydrogens (primary N) is 1. The number of halogens is 1. The van der Waals surface area contributed by atoms with Crippen LogP contribution in [0.2, 0.25) is 0 Å². The lowest BCUT2D eigenvalue weighted by Gasteiger charge is -2.13. The number of ether oxygens (including phenoxy) is 2. The van der Waals surface area contributed by atoms with Crippen LogP contribution in [0.15, 0.2) is 22.7 Å². The fraction of sp³-hybridized carbons (Fsp3) is 0.133. The molecule has 110 valence electrons. The van der Waals surface area contributed by atoms with Crippen LogP contribution in [-0.2, 0) is 0 Å². The Morgan fingerprint density at radius 3 is 2.32 bits per heavy atom. The summed E-state index contributed by atoms with van der Waals surface area (Å²) in [6, 6.07) is 9.23. The number of hydrogen-bond acceptors (Lipinski definition) is 6. The molecule has 0 atom stereocenters. The lowest BCUT2D eigenvalue weighted by molar-refractivity contribution is 0.397. The monoisotopic (exact) mass is 358 g/mol. The number of hydrogen-bond donors (Lipinski definition) is 1. The van der Waals surface area contributed by atoms with E-state index >= 15 is 0 Å². The van der Waals surface area contributed by atoms with Crippen molar-refractivity contribution in [1.82, 2.24) is 4.98 Å². The van der Waals surface area contributed by atoms with Crippen molar-refractivity contribution in [3.63, 3.8) is 0 Å². The van der Waals surface area contributed by atoms with Crippen molar-refractivity contribution in [2.75, 3.05) is 20.0 Å². The van der Waals surface area contributed by atoms with Gasteiger partial charge in [-0.2, -0.15) is 15.5 Å². The summed E-state index contributed by atoms with van der Waals surface area (Å²) in [6.45, 7) is 0. The van der Waals surface area contributed by atoms with Gasteiger partial charge in [-0.05, 0) is 33.6 Å². The van der Waals surface area contributed by atoms with Gasteiger partial charge in [-0.3, -0.25) is 0 Å². The van der Waals surface area contributed by atoms with E-state index in [1.807, 2.05) is 12.1 Å². The lowest BCUT2D eigenvalue weighted by Crippen LogP contribution is -2.04. The molecule has 0 aliphatic heterocycles. The van der Waals surface area contributed by atoms with Crippen LogP contribution in [0.1, 0.15) is 11.1 Å². The Labute approximate surface area is 135 Å². The van der Waals surface area contributed by atoms with Crippen molar-refractivity contribution in [2.45, 2.75) is 0 Å². The van der Waals surface area contributed by atoms with E-state index in [1.54, 1.807) is 25.3 Å². The largest absolute Gasteiger partial charge is 0.496 e. The average Bonchev–Trinajstić information content (AvgIpc) is 2.53.